The van der Waals surface area contributed by atoms with Crippen molar-refractivity contribution in [3.8, 4) is 0 Å². The van der Waals surface area contributed by atoms with Crippen LogP contribution >= 0.6 is 0 Å². The van der Waals surface area contributed by atoms with E-state index < -0.39 is 6.29 Å². The number of nitrogens with two attached hydrogens (primary N) is 1. The molecule has 0 fully saturated rings. The predicted molar refractivity (Wildman–Crippen MR) is 60.7 cm³/mol. The fraction of sp³-hybridized carbons (Fsp3) is 0.500. The van der Waals surface area contributed by atoms with Crippen LogP contribution in [0.4, 0.5) is 0 Å². The molecule has 15 heavy (non-hydrogen) atoms. The molecule has 0 radical (unpaired) electrons. The van der Waals surface area contributed by atoms with Gasteiger partial charge in [0, 0.05) is 14.2 Å². The minimum Gasteiger partial charge on any atom is -0.354 e. The fourth-order valence-electron chi connectivity index (χ4n) is 1.66. The second-order valence-electron chi connectivity index (χ2n) is 3.73. The maximum absolute atomic E-state index is 6.08. The van der Waals surface area contributed by atoms with E-state index in [-0.39, 0.29) is 6.04 Å². The van der Waals surface area contributed by atoms with Crippen LogP contribution in [-0.4, -0.2) is 20.5 Å². The van der Waals surface area contributed by atoms with E-state index in [0.717, 1.165) is 11.1 Å². The van der Waals surface area contributed by atoms with Gasteiger partial charge in [0.15, 0.2) is 6.29 Å². The number of hydrogen-bond acceptors (Lipinski definition) is 3. The molecule has 0 amide bonds. The summed E-state index contributed by atoms with van der Waals surface area (Å²) in [5, 5.41) is 0. The summed E-state index contributed by atoms with van der Waals surface area (Å²) in [6.07, 6.45) is -0.398. The first-order valence-corrected chi connectivity index (χ1v) is 4.98. The van der Waals surface area contributed by atoms with Crippen molar-refractivity contribution in [2.75, 3.05) is 14.2 Å². The van der Waals surface area contributed by atoms with Crippen molar-refractivity contribution in [1.29, 1.82) is 0 Å². The Hall–Kier alpha value is -0.900. The molecule has 3 heteroatoms. The van der Waals surface area contributed by atoms with Crippen LogP contribution in [0.2, 0.25) is 0 Å². The molecule has 0 aliphatic heterocycles. The zero-order valence-corrected chi connectivity index (χ0v) is 9.78. The van der Waals surface area contributed by atoms with Gasteiger partial charge in [-0.15, -0.1) is 0 Å². The minimum atomic E-state index is -0.398. The molecule has 84 valence electrons. The first-order chi connectivity index (χ1) is 7.10. The average molecular weight is 209 g/mol. The largest absolute Gasteiger partial charge is 0.354 e. The molecule has 0 bridgehead atoms. The van der Waals surface area contributed by atoms with E-state index in [1.165, 1.54) is 5.56 Å². The number of methoxy groups -OCH3 is 2. The topological polar surface area (TPSA) is 44.5 Å². The summed E-state index contributed by atoms with van der Waals surface area (Å²) in [7, 11) is 3.19. The van der Waals surface area contributed by atoms with Gasteiger partial charge in [-0.25, -0.2) is 0 Å². The van der Waals surface area contributed by atoms with Crippen LogP contribution in [0.1, 0.15) is 22.7 Å². The van der Waals surface area contributed by atoms with E-state index in [0.29, 0.717) is 0 Å². The van der Waals surface area contributed by atoms with Crippen molar-refractivity contribution in [3.05, 3.63) is 34.9 Å². The smallest absolute Gasteiger partial charge is 0.176 e. The van der Waals surface area contributed by atoms with Crippen LogP contribution in [-0.2, 0) is 9.47 Å². The van der Waals surface area contributed by atoms with Crippen LogP contribution < -0.4 is 5.73 Å². The van der Waals surface area contributed by atoms with Gasteiger partial charge >= 0.3 is 0 Å². The number of ether oxygens (including phenoxy) is 2. The first kappa shape index (κ1) is 12.2. The number of benzene rings is 1. The monoisotopic (exact) mass is 209 g/mol. The maximum Gasteiger partial charge on any atom is 0.176 e. The van der Waals surface area contributed by atoms with Crippen molar-refractivity contribution >= 4 is 0 Å². The maximum atomic E-state index is 6.08. The molecule has 0 heterocycles. The molecule has 2 N–H and O–H groups in total. The molecule has 0 saturated carbocycles. The molecule has 0 aliphatic carbocycles. The molecule has 3 nitrogen and oxygen atoms in total. The van der Waals surface area contributed by atoms with Gasteiger partial charge in [0.25, 0.3) is 0 Å². The average Bonchev–Trinajstić information content (AvgIpc) is 2.23. The summed E-state index contributed by atoms with van der Waals surface area (Å²) in [6, 6.07) is 5.96. The molecule has 1 unspecified atom stereocenters. The van der Waals surface area contributed by atoms with Gasteiger partial charge in [0.1, 0.15) is 0 Å². The van der Waals surface area contributed by atoms with Gasteiger partial charge in [-0.2, -0.15) is 0 Å². The van der Waals surface area contributed by atoms with Gasteiger partial charge in [-0.05, 0) is 25.0 Å². The Bertz CT molecular complexity index is 321. The summed E-state index contributed by atoms with van der Waals surface area (Å²) in [6.45, 7) is 4.08. The van der Waals surface area contributed by atoms with E-state index in [1.54, 1.807) is 14.2 Å². The number of hydrogen-bond donors (Lipinski definition) is 1. The van der Waals surface area contributed by atoms with E-state index in [2.05, 4.69) is 18.2 Å². The van der Waals surface area contributed by atoms with Crippen molar-refractivity contribution < 1.29 is 9.47 Å². The summed E-state index contributed by atoms with van der Waals surface area (Å²) >= 11 is 0. The van der Waals surface area contributed by atoms with Crippen molar-refractivity contribution in [1.82, 2.24) is 0 Å². The molecule has 1 atom stereocenters. The van der Waals surface area contributed by atoms with Crippen molar-refractivity contribution in [2.24, 2.45) is 5.73 Å². The van der Waals surface area contributed by atoms with E-state index in [4.69, 9.17) is 15.2 Å². The zero-order chi connectivity index (χ0) is 11.4. The Kier molecular flexibility index (Phi) is 4.27. The lowest BCUT2D eigenvalue weighted by molar-refractivity contribution is -0.117. The number of rotatable bonds is 4. The highest BCUT2D eigenvalue weighted by molar-refractivity contribution is 5.33. The minimum absolute atomic E-state index is 0.250. The molecule has 1 aromatic carbocycles. The van der Waals surface area contributed by atoms with Gasteiger partial charge in [-0.3, -0.25) is 0 Å². The van der Waals surface area contributed by atoms with Gasteiger partial charge in [-0.1, -0.05) is 23.8 Å². The highest BCUT2D eigenvalue weighted by atomic mass is 16.7. The van der Waals surface area contributed by atoms with E-state index in [1.807, 2.05) is 13.8 Å². The Morgan fingerprint density at radius 3 is 2.27 bits per heavy atom. The van der Waals surface area contributed by atoms with Crippen LogP contribution in [0.25, 0.3) is 0 Å². The van der Waals surface area contributed by atoms with E-state index >= 15 is 0 Å². The Morgan fingerprint density at radius 2 is 1.73 bits per heavy atom. The molecule has 1 rings (SSSR count). The van der Waals surface area contributed by atoms with E-state index in [9.17, 15) is 0 Å². The molecule has 0 spiro atoms. The number of aryl methyl sites for hydroxylation is 2. The molecule has 0 aliphatic rings. The molecule has 0 saturated heterocycles. The highest BCUT2D eigenvalue weighted by Gasteiger charge is 2.19. The van der Waals surface area contributed by atoms with Crippen LogP contribution in [0.3, 0.4) is 0 Å². The van der Waals surface area contributed by atoms with Crippen molar-refractivity contribution in [2.45, 2.75) is 26.2 Å². The highest BCUT2D eigenvalue weighted by Crippen LogP contribution is 2.21. The first-order valence-electron chi connectivity index (χ1n) is 4.98. The quantitative estimate of drug-likeness (QED) is 0.770. The molecule has 0 aromatic heterocycles. The van der Waals surface area contributed by atoms with Crippen LogP contribution in [0, 0.1) is 13.8 Å². The SMILES string of the molecule is COC(OC)C(N)c1cc(C)ccc1C. The predicted octanol–water partition coefficient (Wildman–Crippen LogP) is 1.92. The van der Waals surface area contributed by atoms with Gasteiger partial charge < -0.3 is 15.2 Å². The van der Waals surface area contributed by atoms with Crippen LogP contribution in [0.15, 0.2) is 18.2 Å². The lowest BCUT2D eigenvalue weighted by Gasteiger charge is -2.23. The van der Waals surface area contributed by atoms with Gasteiger partial charge in [0.2, 0.25) is 0 Å². The summed E-state index contributed by atoms with van der Waals surface area (Å²) in [5.41, 5.74) is 9.50. The fourth-order valence-corrected chi connectivity index (χ4v) is 1.66. The Labute approximate surface area is 91.2 Å². The second kappa shape index (κ2) is 5.26. The summed E-state index contributed by atoms with van der Waals surface area (Å²) in [5.74, 6) is 0. The Morgan fingerprint density at radius 1 is 1.13 bits per heavy atom. The standard InChI is InChI=1S/C12H19NO2/c1-8-5-6-9(2)10(7-8)11(13)12(14-3)15-4/h5-7,11-12H,13H2,1-4H3. The third-order valence-corrected chi connectivity index (χ3v) is 2.55. The van der Waals surface area contributed by atoms with Crippen LogP contribution in [0.5, 0.6) is 0 Å². The molecular formula is C12H19NO2. The summed E-state index contributed by atoms with van der Waals surface area (Å²) in [4.78, 5) is 0. The third kappa shape index (κ3) is 2.78. The molecule has 1 aromatic rings. The summed E-state index contributed by atoms with van der Waals surface area (Å²) < 4.78 is 10.3. The van der Waals surface area contributed by atoms with Crippen molar-refractivity contribution in [3.63, 3.8) is 0 Å². The Balaban J connectivity index is 2.98. The lowest BCUT2D eigenvalue weighted by Crippen LogP contribution is -2.30. The third-order valence-electron chi connectivity index (χ3n) is 2.55. The van der Waals surface area contributed by atoms with Gasteiger partial charge in [0.05, 0.1) is 6.04 Å². The molecular weight excluding hydrogens is 190 g/mol. The second-order valence-corrected chi connectivity index (χ2v) is 3.73. The normalized spacial score (nSPS) is 13.2. The lowest BCUT2D eigenvalue weighted by atomic mass is 9.99. The zero-order valence-electron chi connectivity index (χ0n) is 9.78.